The molecule has 0 N–H and O–H groups in total. The van der Waals surface area contributed by atoms with Crippen molar-refractivity contribution in [2.24, 2.45) is 0 Å². The van der Waals surface area contributed by atoms with Gasteiger partial charge in [-0.15, -0.1) is 21.5 Å². The molecule has 3 rings (SSSR count). The molecule has 0 spiro atoms. The molecule has 118 valence electrons. The van der Waals surface area contributed by atoms with Crippen molar-refractivity contribution in [2.45, 2.75) is 19.0 Å². The predicted molar refractivity (Wildman–Crippen MR) is 89.9 cm³/mol. The Kier molecular flexibility index (Phi) is 4.49. The highest BCUT2D eigenvalue weighted by Crippen LogP contribution is 2.32. The number of nitrogens with zero attached hydrogens (tertiary/aromatic N) is 3. The Morgan fingerprint density at radius 1 is 1.26 bits per heavy atom. The molecule has 0 saturated carbocycles. The van der Waals surface area contributed by atoms with Gasteiger partial charge >= 0.3 is 0 Å². The molecular formula is C16H14N3O2S2-. The second-order valence-electron chi connectivity index (χ2n) is 5.00. The third-order valence-electron chi connectivity index (χ3n) is 3.51. The van der Waals surface area contributed by atoms with E-state index in [1.165, 1.54) is 0 Å². The molecule has 0 aliphatic carbocycles. The molecule has 2 aromatic heterocycles. The van der Waals surface area contributed by atoms with E-state index in [9.17, 15) is 9.90 Å². The van der Waals surface area contributed by atoms with Gasteiger partial charge in [-0.1, -0.05) is 30.0 Å². The molecule has 0 aliphatic heterocycles. The van der Waals surface area contributed by atoms with E-state index in [2.05, 4.69) is 10.2 Å². The molecule has 0 saturated heterocycles. The Balaban J connectivity index is 2.16. The van der Waals surface area contributed by atoms with Crippen LogP contribution in [0, 0.1) is 13.8 Å². The van der Waals surface area contributed by atoms with Crippen LogP contribution in [0.2, 0.25) is 0 Å². The normalized spacial score (nSPS) is 10.9. The van der Waals surface area contributed by atoms with E-state index in [0.717, 1.165) is 39.3 Å². The lowest BCUT2D eigenvalue weighted by molar-refractivity contribution is -0.301. The number of aliphatic carboxylic acids is 1. The van der Waals surface area contributed by atoms with Gasteiger partial charge in [0, 0.05) is 5.75 Å². The molecular weight excluding hydrogens is 330 g/mol. The minimum atomic E-state index is -1.12. The van der Waals surface area contributed by atoms with Crippen LogP contribution < -0.4 is 5.11 Å². The number of hydrogen-bond donors (Lipinski definition) is 0. The number of carbonyl (C=O) groups is 1. The van der Waals surface area contributed by atoms with Crippen LogP contribution in [0.3, 0.4) is 0 Å². The van der Waals surface area contributed by atoms with E-state index in [0.29, 0.717) is 5.16 Å². The SMILES string of the molecule is Cc1cccc(-n2c(SCC(=O)[O-])nnc2-c2cccs2)c1C. The molecule has 0 aliphatic rings. The van der Waals surface area contributed by atoms with Crippen LogP contribution in [0.1, 0.15) is 11.1 Å². The van der Waals surface area contributed by atoms with Crippen LogP contribution in [-0.4, -0.2) is 26.5 Å². The van der Waals surface area contributed by atoms with Gasteiger partial charge < -0.3 is 9.90 Å². The lowest BCUT2D eigenvalue weighted by Crippen LogP contribution is -2.24. The Morgan fingerprint density at radius 3 is 2.78 bits per heavy atom. The van der Waals surface area contributed by atoms with E-state index in [-0.39, 0.29) is 5.75 Å². The molecule has 0 fully saturated rings. The molecule has 5 nitrogen and oxygen atoms in total. The number of aromatic nitrogens is 3. The van der Waals surface area contributed by atoms with Crippen LogP contribution >= 0.6 is 23.1 Å². The lowest BCUT2D eigenvalue weighted by Gasteiger charge is -2.14. The first-order valence-corrected chi connectivity index (χ1v) is 8.83. The standard InChI is InChI=1S/C16H15N3O2S2/c1-10-5-3-6-12(11(10)2)19-15(13-7-4-8-22-13)17-18-16(19)23-9-14(20)21/h3-8H,9H2,1-2H3,(H,20,21)/p-1. The van der Waals surface area contributed by atoms with Gasteiger partial charge in [0.15, 0.2) is 11.0 Å². The second kappa shape index (κ2) is 6.55. The zero-order valence-electron chi connectivity index (χ0n) is 12.6. The minimum Gasteiger partial charge on any atom is -0.549 e. The Morgan fingerprint density at radius 2 is 2.09 bits per heavy atom. The number of carbonyl (C=O) groups excluding carboxylic acids is 1. The molecule has 0 amide bonds. The van der Waals surface area contributed by atoms with Gasteiger partial charge in [0.2, 0.25) is 0 Å². The number of rotatable bonds is 5. The summed E-state index contributed by atoms with van der Waals surface area (Å²) < 4.78 is 1.92. The van der Waals surface area contributed by atoms with E-state index in [1.807, 2.05) is 54.1 Å². The average Bonchev–Trinajstić information content (AvgIpc) is 3.16. The van der Waals surface area contributed by atoms with E-state index in [1.54, 1.807) is 11.3 Å². The highest BCUT2D eigenvalue weighted by atomic mass is 32.2. The van der Waals surface area contributed by atoms with Gasteiger partial charge in [-0.05, 0) is 42.5 Å². The van der Waals surface area contributed by atoms with Crippen LogP contribution in [0.25, 0.3) is 16.4 Å². The van der Waals surface area contributed by atoms with Crippen molar-refractivity contribution >= 4 is 29.1 Å². The number of aryl methyl sites for hydroxylation is 1. The van der Waals surface area contributed by atoms with Gasteiger partial charge in [0.1, 0.15) is 0 Å². The Hall–Kier alpha value is -2.12. The quantitative estimate of drug-likeness (QED) is 0.665. The monoisotopic (exact) mass is 344 g/mol. The largest absolute Gasteiger partial charge is 0.549 e. The van der Waals surface area contributed by atoms with Crippen LogP contribution in [0.5, 0.6) is 0 Å². The van der Waals surface area contributed by atoms with Crippen LogP contribution in [-0.2, 0) is 4.79 Å². The van der Waals surface area contributed by atoms with Gasteiger partial charge in [-0.3, -0.25) is 4.57 Å². The fourth-order valence-corrected chi connectivity index (χ4v) is 3.61. The number of carboxylic acid groups (broad SMARTS) is 1. The zero-order chi connectivity index (χ0) is 16.4. The minimum absolute atomic E-state index is 0.159. The number of carboxylic acids is 1. The van der Waals surface area contributed by atoms with Crippen LogP contribution in [0.4, 0.5) is 0 Å². The summed E-state index contributed by atoms with van der Waals surface area (Å²) in [5.41, 5.74) is 3.23. The summed E-state index contributed by atoms with van der Waals surface area (Å²) in [6.07, 6.45) is 0. The van der Waals surface area contributed by atoms with Crippen LogP contribution in [0.15, 0.2) is 40.9 Å². The zero-order valence-corrected chi connectivity index (χ0v) is 14.3. The maximum atomic E-state index is 10.8. The summed E-state index contributed by atoms with van der Waals surface area (Å²) >= 11 is 2.69. The molecule has 3 aromatic rings. The van der Waals surface area contributed by atoms with E-state index < -0.39 is 5.97 Å². The van der Waals surface area contributed by atoms with E-state index in [4.69, 9.17) is 0 Å². The molecule has 2 heterocycles. The lowest BCUT2D eigenvalue weighted by atomic mass is 10.1. The first-order chi connectivity index (χ1) is 11.1. The maximum absolute atomic E-state index is 10.8. The third kappa shape index (κ3) is 3.16. The van der Waals surface area contributed by atoms with Crippen molar-refractivity contribution in [3.05, 3.63) is 46.8 Å². The van der Waals surface area contributed by atoms with Gasteiger partial charge in [-0.25, -0.2) is 0 Å². The molecule has 0 bridgehead atoms. The molecule has 0 radical (unpaired) electrons. The Labute approximate surface area is 142 Å². The number of hydrogen-bond acceptors (Lipinski definition) is 6. The molecule has 23 heavy (non-hydrogen) atoms. The molecule has 0 atom stereocenters. The molecule has 0 unspecified atom stereocenters. The van der Waals surface area contributed by atoms with Crippen molar-refractivity contribution < 1.29 is 9.90 Å². The van der Waals surface area contributed by atoms with Crippen molar-refractivity contribution in [3.63, 3.8) is 0 Å². The van der Waals surface area contributed by atoms with Crippen molar-refractivity contribution in [2.75, 3.05) is 5.75 Å². The summed E-state index contributed by atoms with van der Waals surface area (Å²) in [4.78, 5) is 11.8. The summed E-state index contributed by atoms with van der Waals surface area (Å²) in [7, 11) is 0. The van der Waals surface area contributed by atoms with Crippen molar-refractivity contribution in [1.29, 1.82) is 0 Å². The van der Waals surface area contributed by atoms with E-state index >= 15 is 0 Å². The molecule has 7 heteroatoms. The average molecular weight is 344 g/mol. The van der Waals surface area contributed by atoms with Gasteiger partial charge in [0.25, 0.3) is 0 Å². The summed E-state index contributed by atoms with van der Waals surface area (Å²) in [5, 5.41) is 21.8. The first kappa shape index (κ1) is 15.8. The predicted octanol–water partition coefficient (Wildman–Crippen LogP) is 2.45. The fourth-order valence-electron chi connectivity index (χ4n) is 2.25. The summed E-state index contributed by atoms with van der Waals surface area (Å²) in [5.74, 6) is -0.564. The first-order valence-electron chi connectivity index (χ1n) is 6.96. The number of benzene rings is 1. The van der Waals surface area contributed by atoms with Gasteiger partial charge in [0.05, 0.1) is 16.5 Å². The highest BCUT2D eigenvalue weighted by molar-refractivity contribution is 7.99. The number of thioether (sulfide) groups is 1. The summed E-state index contributed by atoms with van der Waals surface area (Å²) in [6, 6.07) is 9.94. The fraction of sp³-hybridized carbons (Fsp3) is 0.188. The van der Waals surface area contributed by atoms with Crippen molar-refractivity contribution in [1.82, 2.24) is 14.8 Å². The van der Waals surface area contributed by atoms with Crippen molar-refractivity contribution in [3.8, 4) is 16.4 Å². The second-order valence-corrected chi connectivity index (χ2v) is 6.89. The maximum Gasteiger partial charge on any atom is 0.196 e. The highest BCUT2D eigenvalue weighted by Gasteiger charge is 2.18. The Bertz CT molecular complexity index is 841. The molecule has 1 aromatic carbocycles. The summed E-state index contributed by atoms with van der Waals surface area (Å²) in [6.45, 7) is 4.08. The van der Waals surface area contributed by atoms with Gasteiger partial charge in [-0.2, -0.15) is 0 Å². The number of thiophene rings is 1. The topological polar surface area (TPSA) is 70.8 Å². The third-order valence-corrected chi connectivity index (χ3v) is 5.28. The smallest absolute Gasteiger partial charge is 0.196 e.